The molecular formula is C59H35NO2S. The van der Waals surface area contributed by atoms with Gasteiger partial charge in [0, 0.05) is 47.9 Å². The largest absolute Gasteiger partial charge is 0.456 e. The molecule has 0 aliphatic carbocycles. The topological polar surface area (TPSA) is 39.2 Å². The molecule has 0 saturated carbocycles. The second-order valence-electron chi connectivity index (χ2n) is 16.3. The van der Waals surface area contributed by atoms with Crippen molar-refractivity contribution in [3.63, 3.8) is 0 Å². The molecule has 0 saturated heterocycles. The van der Waals surface area contributed by atoms with E-state index in [0.29, 0.717) is 0 Å². The van der Waals surface area contributed by atoms with Crippen molar-refractivity contribution in [1.82, 2.24) is 4.98 Å². The zero-order valence-corrected chi connectivity index (χ0v) is 34.7. The van der Waals surface area contributed by atoms with E-state index >= 15 is 0 Å². The molecule has 4 heteroatoms. The van der Waals surface area contributed by atoms with E-state index in [-0.39, 0.29) is 0 Å². The number of aromatic nitrogens is 1. The first kappa shape index (κ1) is 35.7. The Morgan fingerprint density at radius 3 is 1.11 bits per heavy atom. The van der Waals surface area contributed by atoms with Gasteiger partial charge >= 0.3 is 0 Å². The van der Waals surface area contributed by atoms with Gasteiger partial charge in [-0.05, 0) is 152 Å². The minimum absolute atomic E-state index is 0.808. The van der Waals surface area contributed by atoms with Crippen molar-refractivity contribution in [3.05, 3.63) is 213 Å². The van der Waals surface area contributed by atoms with Gasteiger partial charge in [-0.15, -0.1) is 11.3 Å². The molecule has 3 nitrogen and oxygen atoms in total. The van der Waals surface area contributed by atoms with Gasteiger partial charge in [0.15, 0.2) is 5.58 Å². The van der Waals surface area contributed by atoms with Crippen molar-refractivity contribution in [2.45, 2.75) is 0 Å². The third kappa shape index (κ3) is 6.14. The highest BCUT2D eigenvalue weighted by atomic mass is 32.1. The SMILES string of the molecule is c1cc(-c2cccc(-c3ccc4sc5ccc(-c6cccc(-c7cccc(-c8ccc9oc%10cnccc%10c9c8)c7)c6)cc5c4c3)c2)cc(-c2ccc3oc4ccccc4c3c2)c1. The van der Waals surface area contributed by atoms with Gasteiger partial charge in [0.1, 0.15) is 16.7 Å². The number of rotatable bonds is 6. The summed E-state index contributed by atoms with van der Waals surface area (Å²) in [5.41, 5.74) is 17.8. The van der Waals surface area contributed by atoms with Crippen LogP contribution in [-0.4, -0.2) is 4.98 Å². The number of para-hydroxylation sites is 1. The third-order valence-electron chi connectivity index (χ3n) is 12.6. The summed E-state index contributed by atoms with van der Waals surface area (Å²) >= 11 is 1.86. The molecule has 0 fully saturated rings. The van der Waals surface area contributed by atoms with Crippen molar-refractivity contribution in [2.75, 3.05) is 0 Å². The molecule has 4 aromatic heterocycles. The lowest BCUT2D eigenvalue weighted by atomic mass is 9.94. The van der Waals surface area contributed by atoms with Crippen molar-refractivity contribution in [2.24, 2.45) is 0 Å². The Labute approximate surface area is 366 Å². The summed E-state index contributed by atoms with van der Waals surface area (Å²) in [7, 11) is 0. The normalized spacial score (nSPS) is 11.8. The molecule has 4 heterocycles. The number of pyridine rings is 1. The lowest BCUT2D eigenvalue weighted by molar-refractivity contribution is 0.667. The smallest absolute Gasteiger partial charge is 0.153 e. The zero-order valence-electron chi connectivity index (χ0n) is 33.9. The maximum absolute atomic E-state index is 6.11. The predicted molar refractivity (Wildman–Crippen MR) is 264 cm³/mol. The summed E-state index contributed by atoms with van der Waals surface area (Å²) in [6, 6.07) is 72.6. The number of hydrogen-bond donors (Lipinski definition) is 0. The van der Waals surface area contributed by atoms with E-state index in [2.05, 4.69) is 187 Å². The summed E-state index contributed by atoms with van der Waals surface area (Å²) < 4.78 is 14.7. The number of nitrogens with zero attached hydrogens (tertiary/aromatic N) is 1. The first-order valence-electron chi connectivity index (χ1n) is 21.2. The maximum Gasteiger partial charge on any atom is 0.153 e. The molecule has 0 aliphatic heterocycles. The summed E-state index contributed by atoms with van der Waals surface area (Å²) in [4.78, 5) is 4.24. The molecule has 63 heavy (non-hydrogen) atoms. The van der Waals surface area contributed by atoms with Crippen LogP contribution in [0.4, 0.5) is 0 Å². The van der Waals surface area contributed by atoms with Gasteiger partial charge in [-0.25, -0.2) is 0 Å². The number of thiophene rings is 1. The molecule has 0 N–H and O–H groups in total. The number of benzene rings is 9. The second kappa shape index (κ2) is 14.3. The van der Waals surface area contributed by atoms with Crippen LogP contribution in [0.25, 0.3) is 131 Å². The fourth-order valence-electron chi connectivity index (χ4n) is 9.37. The standard InChI is InChI=1S/C59H35NO2S/c1-2-16-54-48(15-1)50-31-44(17-21-55(50)61-54)40-11-3-7-36(27-40)38-9-5-13-42(29-38)46-19-23-58-52(33-46)53-34-47(20-24-59(53)63-58)43-14-6-10-39(30-43)37-8-4-12-41(28-37)45-18-22-56-51(32-45)49-25-26-60-35-57(49)62-56/h1-35H. The van der Waals surface area contributed by atoms with Gasteiger partial charge in [0.05, 0.1) is 6.20 Å². The Morgan fingerprint density at radius 1 is 0.270 bits per heavy atom. The van der Waals surface area contributed by atoms with Crippen molar-refractivity contribution < 1.29 is 8.83 Å². The fourth-order valence-corrected chi connectivity index (χ4v) is 10.4. The maximum atomic E-state index is 6.11. The van der Waals surface area contributed by atoms with Crippen molar-refractivity contribution in [3.8, 4) is 66.8 Å². The lowest BCUT2D eigenvalue weighted by Crippen LogP contribution is -1.84. The molecule has 0 radical (unpaired) electrons. The Hall–Kier alpha value is -8.05. The third-order valence-corrected chi connectivity index (χ3v) is 13.7. The Morgan fingerprint density at radius 2 is 0.635 bits per heavy atom. The van der Waals surface area contributed by atoms with Gasteiger partial charge in [0.25, 0.3) is 0 Å². The van der Waals surface area contributed by atoms with Crippen LogP contribution in [0.1, 0.15) is 0 Å². The fraction of sp³-hybridized carbons (Fsp3) is 0. The summed E-state index contributed by atoms with van der Waals surface area (Å²) in [5.74, 6) is 0. The van der Waals surface area contributed by atoms with Gasteiger partial charge in [0.2, 0.25) is 0 Å². The van der Waals surface area contributed by atoms with E-state index in [1.54, 1.807) is 6.20 Å². The molecule has 0 spiro atoms. The van der Waals surface area contributed by atoms with Crippen LogP contribution < -0.4 is 0 Å². The van der Waals surface area contributed by atoms with Gasteiger partial charge in [-0.1, -0.05) is 115 Å². The summed E-state index contributed by atoms with van der Waals surface area (Å²) in [6.45, 7) is 0. The quantitative estimate of drug-likeness (QED) is 0.168. The molecule has 0 unspecified atom stereocenters. The average molecular weight is 822 g/mol. The van der Waals surface area contributed by atoms with E-state index in [4.69, 9.17) is 8.83 Å². The lowest BCUT2D eigenvalue weighted by Gasteiger charge is -2.10. The molecule has 0 bridgehead atoms. The number of hydrogen-bond acceptors (Lipinski definition) is 4. The minimum atomic E-state index is 0.808. The monoisotopic (exact) mass is 821 g/mol. The van der Waals surface area contributed by atoms with Crippen LogP contribution in [-0.2, 0) is 0 Å². The molecule has 294 valence electrons. The van der Waals surface area contributed by atoms with Crippen molar-refractivity contribution in [1.29, 1.82) is 0 Å². The summed E-state index contributed by atoms with van der Waals surface area (Å²) in [5, 5.41) is 7.04. The highest BCUT2D eigenvalue weighted by Gasteiger charge is 2.14. The van der Waals surface area contributed by atoms with Crippen molar-refractivity contribution >= 4 is 75.4 Å². The molecule has 0 atom stereocenters. The minimum Gasteiger partial charge on any atom is -0.456 e. The highest BCUT2D eigenvalue weighted by molar-refractivity contribution is 7.25. The number of fused-ring (bicyclic) bond motifs is 9. The Kier molecular flexibility index (Phi) is 8.08. The van der Waals surface area contributed by atoms with E-state index in [9.17, 15) is 0 Å². The highest BCUT2D eigenvalue weighted by Crippen LogP contribution is 2.41. The number of furan rings is 2. The van der Waals surface area contributed by atoms with Crippen LogP contribution in [0.5, 0.6) is 0 Å². The predicted octanol–water partition coefficient (Wildman–Crippen LogP) is 17.3. The van der Waals surface area contributed by atoms with Gasteiger partial charge < -0.3 is 8.83 Å². The van der Waals surface area contributed by atoms with Gasteiger partial charge in [-0.2, -0.15) is 0 Å². The van der Waals surface area contributed by atoms with Gasteiger partial charge in [-0.3, -0.25) is 4.98 Å². The first-order valence-corrected chi connectivity index (χ1v) is 22.0. The average Bonchev–Trinajstić information content (AvgIpc) is 4.04. The first-order chi connectivity index (χ1) is 31.1. The molecular weight excluding hydrogens is 787 g/mol. The molecule has 13 aromatic rings. The Bertz CT molecular complexity index is 3690. The Balaban J connectivity index is 0.813. The van der Waals surface area contributed by atoms with Crippen LogP contribution in [0.2, 0.25) is 0 Å². The molecule has 9 aromatic carbocycles. The molecule has 13 rings (SSSR count). The zero-order chi connectivity index (χ0) is 41.4. The van der Waals surface area contributed by atoms with Crippen LogP contribution in [0, 0.1) is 0 Å². The van der Waals surface area contributed by atoms with Crippen LogP contribution in [0.15, 0.2) is 221 Å². The van der Waals surface area contributed by atoms with Crippen LogP contribution in [0.3, 0.4) is 0 Å². The van der Waals surface area contributed by atoms with E-state index in [1.807, 2.05) is 35.7 Å². The summed E-state index contributed by atoms with van der Waals surface area (Å²) in [6.07, 6.45) is 3.60. The van der Waals surface area contributed by atoms with E-state index < -0.39 is 0 Å². The van der Waals surface area contributed by atoms with E-state index in [0.717, 1.165) is 49.4 Å². The van der Waals surface area contributed by atoms with Crippen LogP contribution >= 0.6 is 11.3 Å². The second-order valence-corrected chi connectivity index (χ2v) is 17.4. The molecule has 0 amide bonds. The van der Waals surface area contributed by atoms with E-state index in [1.165, 1.54) is 81.4 Å². The molecule has 0 aliphatic rings.